The van der Waals surface area contributed by atoms with Crippen molar-refractivity contribution in [3.8, 4) is 0 Å². The highest BCUT2D eigenvalue weighted by Crippen LogP contribution is 2.22. The third kappa shape index (κ3) is 4.74. The van der Waals surface area contributed by atoms with Crippen molar-refractivity contribution in [1.82, 2.24) is 5.32 Å². The molecule has 1 rings (SSSR count). The number of hydrogen-bond acceptors (Lipinski definition) is 2. The van der Waals surface area contributed by atoms with Gasteiger partial charge in [0, 0.05) is 0 Å². The standard InChI is InChI=1S/C13H19BrFNO/c1-4-16-13(8-17-9(2)3)10-5-6-12(15)11(14)7-10/h5-7,9,13,16H,4,8H2,1-3H3. The van der Waals surface area contributed by atoms with Crippen LogP contribution >= 0.6 is 15.9 Å². The molecule has 2 nitrogen and oxygen atoms in total. The molecule has 1 unspecified atom stereocenters. The summed E-state index contributed by atoms with van der Waals surface area (Å²) in [5.41, 5.74) is 1.03. The monoisotopic (exact) mass is 303 g/mol. The van der Waals surface area contributed by atoms with E-state index in [2.05, 4.69) is 21.2 Å². The Morgan fingerprint density at radius 3 is 2.65 bits per heavy atom. The first kappa shape index (κ1) is 14.6. The maximum Gasteiger partial charge on any atom is 0.137 e. The molecule has 0 amide bonds. The second-order valence-electron chi connectivity index (χ2n) is 4.17. The summed E-state index contributed by atoms with van der Waals surface area (Å²) in [7, 11) is 0. The van der Waals surface area contributed by atoms with E-state index in [4.69, 9.17) is 4.74 Å². The van der Waals surface area contributed by atoms with Gasteiger partial charge in [-0.1, -0.05) is 13.0 Å². The van der Waals surface area contributed by atoms with Gasteiger partial charge in [-0.2, -0.15) is 0 Å². The summed E-state index contributed by atoms with van der Waals surface area (Å²) in [5, 5.41) is 3.33. The Balaban J connectivity index is 2.77. The number of nitrogens with one attached hydrogen (secondary N) is 1. The molecule has 1 aromatic rings. The highest BCUT2D eigenvalue weighted by Gasteiger charge is 2.13. The zero-order valence-corrected chi connectivity index (χ0v) is 12.1. The number of likely N-dealkylation sites (N-methyl/N-ethyl adjacent to an activating group) is 1. The van der Waals surface area contributed by atoms with E-state index in [1.54, 1.807) is 12.1 Å². The van der Waals surface area contributed by atoms with Crippen LogP contribution in [0.5, 0.6) is 0 Å². The first-order chi connectivity index (χ1) is 8.04. The molecule has 0 bridgehead atoms. The molecule has 0 spiro atoms. The molecule has 0 heterocycles. The molecule has 0 aliphatic carbocycles. The Morgan fingerprint density at radius 2 is 2.12 bits per heavy atom. The van der Waals surface area contributed by atoms with E-state index < -0.39 is 0 Å². The van der Waals surface area contributed by atoms with Gasteiger partial charge in [0.15, 0.2) is 0 Å². The van der Waals surface area contributed by atoms with Crippen molar-refractivity contribution in [2.75, 3.05) is 13.2 Å². The summed E-state index contributed by atoms with van der Waals surface area (Å²) in [6, 6.07) is 5.15. The molecule has 1 N–H and O–H groups in total. The lowest BCUT2D eigenvalue weighted by Crippen LogP contribution is -2.26. The van der Waals surface area contributed by atoms with Gasteiger partial charge in [-0.25, -0.2) is 4.39 Å². The van der Waals surface area contributed by atoms with Gasteiger partial charge in [0.05, 0.1) is 23.2 Å². The van der Waals surface area contributed by atoms with E-state index >= 15 is 0 Å². The third-order valence-corrected chi connectivity index (χ3v) is 3.00. The number of hydrogen-bond donors (Lipinski definition) is 1. The van der Waals surface area contributed by atoms with Crippen LogP contribution < -0.4 is 5.32 Å². The lowest BCUT2D eigenvalue weighted by Gasteiger charge is -2.20. The topological polar surface area (TPSA) is 21.3 Å². The molecule has 1 atom stereocenters. The minimum Gasteiger partial charge on any atom is -0.377 e. The molecule has 96 valence electrons. The lowest BCUT2D eigenvalue weighted by molar-refractivity contribution is 0.0614. The van der Waals surface area contributed by atoms with Crippen molar-refractivity contribution in [3.05, 3.63) is 34.1 Å². The lowest BCUT2D eigenvalue weighted by atomic mass is 10.1. The number of rotatable bonds is 6. The molecule has 0 fully saturated rings. The summed E-state index contributed by atoms with van der Waals surface area (Å²) >= 11 is 3.20. The Hall–Kier alpha value is -0.450. The van der Waals surface area contributed by atoms with E-state index in [0.717, 1.165) is 12.1 Å². The highest BCUT2D eigenvalue weighted by atomic mass is 79.9. The van der Waals surface area contributed by atoms with E-state index in [0.29, 0.717) is 11.1 Å². The van der Waals surface area contributed by atoms with Gasteiger partial charge in [-0.3, -0.25) is 0 Å². The molecule has 0 aliphatic rings. The summed E-state index contributed by atoms with van der Waals surface area (Å²) in [5.74, 6) is -0.242. The maximum absolute atomic E-state index is 13.2. The van der Waals surface area contributed by atoms with Gasteiger partial charge in [-0.15, -0.1) is 0 Å². The summed E-state index contributed by atoms with van der Waals surface area (Å²) < 4.78 is 19.3. The van der Waals surface area contributed by atoms with E-state index in [9.17, 15) is 4.39 Å². The molecule has 1 aromatic carbocycles. The zero-order valence-electron chi connectivity index (χ0n) is 10.5. The van der Waals surface area contributed by atoms with E-state index in [1.165, 1.54) is 6.07 Å². The minimum atomic E-state index is -0.242. The normalized spacial score (nSPS) is 13.1. The molecule has 0 aromatic heterocycles. The average Bonchev–Trinajstić information content (AvgIpc) is 2.28. The molecule has 17 heavy (non-hydrogen) atoms. The molecule has 0 aliphatic heterocycles. The zero-order chi connectivity index (χ0) is 12.8. The van der Waals surface area contributed by atoms with E-state index in [-0.39, 0.29) is 18.0 Å². The predicted octanol–water partition coefficient (Wildman–Crippen LogP) is 3.66. The maximum atomic E-state index is 13.2. The Labute approximate surface area is 111 Å². The van der Waals surface area contributed by atoms with Crippen molar-refractivity contribution in [2.24, 2.45) is 0 Å². The van der Waals surface area contributed by atoms with E-state index in [1.807, 2.05) is 20.8 Å². The number of halogens is 2. The molecule has 0 radical (unpaired) electrons. The van der Waals surface area contributed by atoms with Gasteiger partial charge in [-0.05, 0) is 54.0 Å². The fourth-order valence-electron chi connectivity index (χ4n) is 1.54. The van der Waals surface area contributed by atoms with Gasteiger partial charge < -0.3 is 10.1 Å². The Morgan fingerprint density at radius 1 is 1.41 bits per heavy atom. The van der Waals surface area contributed by atoms with Crippen LogP contribution in [0.4, 0.5) is 4.39 Å². The van der Waals surface area contributed by atoms with Crippen LogP contribution in [-0.4, -0.2) is 19.3 Å². The molecule has 0 saturated carbocycles. The summed E-state index contributed by atoms with van der Waals surface area (Å²) in [4.78, 5) is 0. The Bertz CT molecular complexity index is 357. The quantitative estimate of drug-likeness (QED) is 0.866. The van der Waals surface area contributed by atoms with Crippen LogP contribution in [0.2, 0.25) is 0 Å². The van der Waals surface area contributed by atoms with Gasteiger partial charge >= 0.3 is 0 Å². The average molecular weight is 304 g/mol. The van der Waals surface area contributed by atoms with Crippen LogP contribution in [0, 0.1) is 5.82 Å². The molecule has 0 saturated heterocycles. The Kier molecular flexibility index (Phi) is 6.09. The van der Waals surface area contributed by atoms with Gasteiger partial charge in [0.1, 0.15) is 5.82 Å². The smallest absolute Gasteiger partial charge is 0.137 e. The van der Waals surface area contributed by atoms with Crippen LogP contribution in [0.25, 0.3) is 0 Å². The SMILES string of the molecule is CCNC(COC(C)C)c1ccc(F)c(Br)c1. The van der Waals surface area contributed by atoms with Crippen molar-refractivity contribution < 1.29 is 9.13 Å². The highest BCUT2D eigenvalue weighted by molar-refractivity contribution is 9.10. The van der Waals surface area contributed by atoms with Crippen molar-refractivity contribution in [1.29, 1.82) is 0 Å². The fraction of sp³-hybridized carbons (Fsp3) is 0.538. The first-order valence-corrected chi connectivity index (χ1v) is 6.63. The second kappa shape index (κ2) is 7.09. The third-order valence-electron chi connectivity index (χ3n) is 2.39. The molecular formula is C13H19BrFNO. The van der Waals surface area contributed by atoms with Crippen LogP contribution in [-0.2, 0) is 4.74 Å². The minimum absolute atomic E-state index is 0.0966. The second-order valence-corrected chi connectivity index (χ2v) is 5.02. The molecular weight excluding hydrogens is 285 g/mol. The van der Waals surface area contributed by atoms with Gasteiger partial charge in [0.25, 0.3) is 0 Å². The molecule has 4 heteroatoms. The van der Waals surface area contributed by atoms with Gasteiger partial charge in [0.2, 0.25) is 0 Å². The largest absolute Gasteiger partial charge is 0.377 e. The number of ether oxygens (including phenoxy) is 1. The van der Waals surface area contributed by atoms with Crippen molar-refractivity contribution in [3.63, 3.8) is 0 Å². The van der Waals surface area contributed by atoms with Crippen LogP contribution in [0.15, 0.2) is 22.7 Å². The van der Waals surface area contributed by atoms with Crippen molar-refractivity contribution >= 4 is 15.9 Å². The van der Waals surface area contributed by atoms with Crippen molar-refractivity contribution in [2.45, 2.75) is 32.9 Å². The summed E-state index contributed by atoms with van der Waals surface area (Å²) in [6.07, 6.45) is 0.194. The van der Waals surface area contributed by atoms with Crippen LogP contribution in [0.1, 0.15) is 32.4 Å². The fourth-order valence-corrected chi connectivity index (χ4v) is 1.93. The summed E-state index contributed by atoms with van der Waals surface area (Å²) in [6.45, 7) is 7.48. The number of benzene rings is 1. The first-order valence-electron chi connectivity index (χ1n) is 5.84. The predicted molar refractivity (Wildman–Crippen MR) is 71.6 cm³/mol. The van der Waals surface area contributed by atoms with Crippen LogP contribution in [0.3, 0.4) is 0 Å².